The third kappa shape index (κ3) is 16.0. The zero-order valence-corrected chi connectivity index (χ0v) is 6.69. The number of aryl methyl sites for hydroxylation is 1. The van der Waals surface area contributed by atoms with Gasteiger partial charge in [0.15, 0.2) is 0 Å². The van der Waals surface area contributed by atoms with Gasteiger partial charge < -0.3 is 28.4 Å². The number of halogens is 4. The average molecular weight is 187 g/mol. The first-order valence-electron chi connectivity index (χ1n) is 2.73. The minimum Gasteiger partial charge on any atom is -0.418 e. The summed E-state index contributed by atoms with van der Waals surface area (Å²) in [5.41, 5.74) is 0. The Balaban J connectivity index is 0. The van der Waals surface area contributed by atoms with Crippen LogP contribution in [0.5, 0.6) is 0 Å². The number of H-pyrrole nitrogens is 1. The molecule has 8 heteroatoms. The van der Waals surface area contributed by atoms with Crippen molar-refractivity contribution in [3.05, 3.63) is 18.2 Å². The molecule has 0 spiro atoms. The Morgan fingerprint density at radius 1 is 1.33 bits per heavy atom. The van der Waals surface area contributed by atoms with E-state index in [0.717, 1.165) is 5.82 Å². The molecule has 3 nitrogen and oxygen atoms in total. The van der Waals surface area contributed by atoms with Crippen LogP contribution in [0.25, 0.3) is 0 Å². The minimum absolute atomic E-state index is 0. The monoisotopic (exact) mass is 187 g/mol. The highest BCUT2D eigenvalue weighted by Crippen LogP contribution is 2.06. The molecule has 0 radical (unpaired) electrons. The second-order valence-electron chi connectivity index (χ2n) is 1.67. The molecule has 72 valence electrons. The highest BCUT2D eigenvalue weighted by molar-refractivity contribution is 6.50. The molecule has 0 aliphatic rings. The lowest BCUT2D eigenvalue weighted by Crippen LogP contribution is -2.02. The summed E-state index contributed by atoms with van der Waals surface area (Å²) in [6, 6.07) is 0. The zero-order valence-electron chi connectivity index (χ0n) is 6.69. The van der Waals surface area contributed by atoms with Gasteiger partial charge in [0.25, 0.3) is 0 Å². The number of rotatable bonds is 0. The van der Waals surface area contributed by atoms with Gasteiger partial charge in [-0.05, 0) is 6.92 Å². The number of hydrogen-bond donors (Lipinski definition) is 2. The Morgan fingerprint density at radius 2 is 1.75 bits per heavy atom. The molecular weight excluding hydrogens is 177 g/mol. The maximum atomic E-state index is 9.75. The lowest BCUT2D eigenvalue weighted by molar-refractivity contribution is 0.368. The molecule has 0 aliphatic heterocycles. The van der Waals surface area contributed by atoms with Crippen molar-refractivity contribution >= 4 is 7.25 Å². The van der Waals surface area contributed by atoms with Crippen LogP contribution in [0.15, 0.2) is 12.4 Å². The van der Waals surface area contributed by atoms with Crippen LogP contribution in [0.2, 0.25) is 0 Å². The first kappa shape index (κ1) is 13.5. The SMILES string of the molecule is Cc1ncc[nH]1.F[B-](F)(F)F.[NH4+]. The van der Waals surface area contributed by atoms with E-state index >= 15 is 0 Å². The molecule has 0 saturated carbocycles. The summed E-state index contributed by atoms with van der Waals surface area (Å²) in [6.07, 6.45) is 3.53. The molecule has 0 aliphatic carbocycles. The number of aromatic nitrogens is 2. The number of aromatic amines is 1. The third-order valence-corrected chi connectivity index (χ3v) is 0.635. The molecule has 0 fully saturated rings. The molecule has 0 bridgehead atoms. The van der Waals surface area contributed by atoms with Crippen molar-refractivity contribution in [1.29, 1.82) is 0 Å². The van der Waals surface area contributed by atoms with Gasteiger partial charge in [-0.1, -0.05) is 0 Å². The van der Waals surface area contributed by atoms with Gasteiger partial charge in [0.1, 0.15) is 5.82 Å². The van der Waals surface area contributed by atoms with E-state index in [9.17, 15) is 17.3 Å². The maximum Gasteiger partial charge on any atom is 0.673 e. The van der Waals surface area contributed by atoms with Crippen molar-refractivity contribution in [3.8, 4) is 0 Å². The van der Waals surface area contributed by atoms with Crippen molar-refractivity contribution < 1.29 is 17.3 Å². The quantitative estimate of drug-likeness (QED) is 0.475. The van der Waals surface area contributed by atoms with Crippen LogP contribution in [0, 0.1) is 6.92 Å². The van der Waals surface area contributed by atoms with Crippen molar-refractivity contribution in [2.24, 2.45) is 0 Å². The summed E-state index contributed by atoms with van der Waals surface area (Å²) in [5, 5.41) is 0. The van der Waals surface area contributed by atoms with E-state index in [0.29, 0.717) is 0 Å². The first-order valence-corrected chi connectivity index (χ1v) is 2.73. The van der Waals surface area contributed by atoms with Crippen LogP contribution in [0.1, 0.15) is 5.82 Å². The maximum absolute atomic E-state index is 9.75. The summed E-state index contributed by atoms with van der Waals surface area (Å²) < 4.78 is 39.0. The predicted octanol–water partition coefficient (Wildman–Crippen LogP) is 2.39. The molecule has 1 aromatic heterocycles. The molecule has 5 N–H and O–H groups in total. The third-order valence-electron chi connectivity index (χ3n) is 0.635. The van der Waals surface area contributed by atoms with Crippen LogP contribution in [-0.2, 0) is 0 Å². The normalized spacial score (nSPS) is 9.42. The molecular formula is C4H10BF4N3. The van der Waals surface area contributed by atoms with E-state index in [1.807, 2.05) is 6.92 Å². The Hall–Kier alpha value is -1.05. The number of hydrogen-bond acceptors (Lipinski definition) is 1. The zero-order chi connectivity index (χ0) is 8.91. The van der Waals surface area contributed by atoms with Crippen LogP contribution in [0.4, 0.5) is 17.3 Å². The van der Waals surface area contributed by atoms with Crippen LogP contribution in [-0.4, -0.2) is 17.2 Å². The van der Waals surface area contributed by atoms with Crippen molar-refractivity contribution in [2.75, 3.05) is 0 Å². The molecule has 0 amide bonds. The van der Waals surface area contributed by atoms with Gasteiger partial charge in [-0.3, -0.25) is 0 Å². The fourth-order valence-electron chi connectivity index (χ4n) is 0.344. The van der Waals surface area contributed by atoms with Crippen molar-refractivity contribution in [1.82, 2.24) is 16.1 Å². The fourth-order valence-corrected chi connectivity index (χ4v) is 0.344. The summed E-state index contributed by atoms with van der Waals surface area (Å²) in [7, 11) is -6.00. The molecule has 0 atom stereocenters. The highest BCUT2D eigenvalue weighted by Gasteiger charge is 2.20. The average Bonchev–Trinajstić information content (AvgIpc) is 2.12. The van der Waals surface area contributed by atoms with E-state index in [4.69, 9.17) is 0 Å². The molecule has 12 heavy (non-hydrogen) atoms. The van der Waals surface area contributed by atoms with Crippen molar-refractivity contribution in [3.63, 3.8) is 0 Å². The van der Waals surface area contributed by atoms with Gasteiger partial charge in [-0.2, -0.15) is 0 Å². The molecule has 1 rings (SSSR count). The highest BCUT2D eigenvalue weighted by atomic mass is 19.5. The Bertz CT molecular complexity index is 179. The number of nitrogens with zero attached hydrogens (tertiary/aromatic N) is 1. The van der Waals surface area contributed by atoms with Gasteiger partial charge in [0.05, 0.1) is 0 Å². The topological polar surface area (TPSA) is 65.2 Å². The Morgan fingerprint density at radius 3 is 1.83 bits per heavy atom. The first-order chi connectivity index (χ1) is 4.89. The van der Waals surface area contributed by atoms with E-state index in [1.165, 1.54) is 0 Å². The molecule has 0 saturated heterocycles. The van der Waals surface area contributed by atoms with Gasteiger partial charge in [-0.25, -0.2) is 4.98 Å². The summed E-state index contributed by atoms with van der Waals surface area (Å²) in [6.45, 7) is 1.92. The minimum atomic E-state index is -6.00. The summed E-state index contributed by atoms with van der Waals surface area (Å²) in [4.78, 5) is 6.75. The lowest BCUT2D eigenvalue weighted by atomic mass is 10.3. The van der Waals surface area contributed by atoms with E-state index in [-0.39, 0.29) is 6.15 Å². The number of nitrogens with one attached hydrogen (secondary N) is 1. The van der Waals surface area contributed by atoms with E-state index in [1.54, 1.807) is 12.4 Å². The van der Waals surface area contributed by atoms with Crippen LogP contribution in [0.3, 0.4) is 0 Å². The predicted molar refractivity (Wildman–Crippen MR) is 39.5 cm³/mol. The van der Waals surface area contributed by atoms with Crippen LogP contribution < -0.4 is 6.15 Å². The molecule has 1 heterocycles. The standard InChI is InChI=1S/C4H6N2.BF4.H3N/c1-4-5-2-3-6-4;2-1(3,4)5;/h2-3H,1H3,(H,5,6);;1H3/q;-1;/p+1. The number of quaternary nitrogens is 1. The Kier molecular flexibility index (Phi) is 6.30. The molecule has 0 unspecified atom stereocenters. The largest absolute Gasteiger partial charge is 0.673 e. The fraction of sp³-hybridized carbons (Fsp3) is 0.250. The second kappa shape index (κ2) is 5.59. The van der Waals surface area contributed by atoms with Gasteiger partial charge in [-0.15, -0.1) is 0 Å². The molecule has 0 aromatic carbocycles. The van der Waals surface area contributed by atoms with Gasteiger partial charge in [0, 0.05) is 12.4 Å². The molecule has 1 aromatic rings. The summed E-state index contributed by atoms with van der Waals surface area (Å²) in [5.74, 6) is 0.968. The Labute approximate surface area is 66.9 Å². The summed E-state index contributed by atoms with van der Waals surface area (Å²) >= 11 is 0. The lowest BCUT2D eigenvalue weighted by Gasteiger charge is -1.94. The van der Waals surface area contributed by atoms with Crippen LogP contribution >= 0.6 is 0 Å². The second-order valence-corrected chi connectivity index (χ2v) is 1.67. The number of imidazole rings is 1. The van der Waals surface area contributed by atoms with E-state index < -0.39 is 7.25 Å². The van der Waals surface area contributed by atoms with Gasteiger partial charge in [0.2, 0.25) is 0 Å². The van der Waals surface area contributed by atoms with Gasteiger partial charge >= 0.3 is 7.25 Å². The van der Waals surface area contributed by atoms with E-state index in [2.05, 4.69) is 9.97 Å². The smallest absolute Gasteiger partial charge is 0.418 e. The van der Waals surface area contributed by atoms with Crippen molar-refractivity contribution in [2.45, 2.75) is 6.92 Å².